The molecule has 2 amide bonds. The second-order valence-corrected chi connectivity index (χ2v) is 25.1. The third kappa shape index (κ3) is 10.6. The van der Waals surface area contributed by atoms with Gasteiger partial charge in [0.05, 0.1) is 56.4 Å². The zero-order chi connectivity index (χ0) is 75.0. The fourth-order valence-corrected chi connectivity index (χ4v) is 15.2. The predicted molar refractivity (Wildman–Crippen MR) is 345 cm³/mol. The summed E-state index contributed by atoms with van der Waals surface area (Å²) in [5.41, 5.74) is -9.18. The zero-order valence-electron chi connectivity index (χ0n) is 54.1. The first-order valence-electron chi connectivity index (χ1n) is 31.5. The van der Waals surface area contributed by atoms with E-state index in [4.69, 9.17) is 10.5 Å². The number of carboxylic acids is 1. The van der Waals surface area contributed by atoms with Crippen LogP contribution in [0.3, 0.4) is 0 Å². The van der Waals surface area contributed by atoms with E-state index < -0.39 is 274 Å². The molecule has 11 aromatic rings. The summed E-state index contributed by atoms with van der Waals surface area (Å²) in [7, 11) is 0. The minimum atomic E-state index is -3.15. The number of ether oxygens (including phenoxy) is 1. The molecule has 0 radical (unpaired) electrons. The number of amides is 2. The minimum Gasteiger partial charge on any atom is -0.549 e. The second-order valence-electron chi connectivity index (χ2n) is 25.1. The van der Waals surface area contributed by atoms with E-state index in [-0.39, 0.29) is 18.9 Å². The Morgan fingerprint density at radius 3 is 1.28 bits per heavy atom. The maximum atomic E-state index is 19.6. The molecule has 0 bridgehead atoms. The van der Waals surface area contributed by atoms with Crippen LogP contribution >= 0.6 is 0 Å². The molecule has 17 nitrogen and oxygen atoms in total. The Kier molecular flexibility index (Phi) is 17.3. The fraction of sp³-hybridized carbons (Fsp3) is 0.160. The van der Waals surface area contributed by atoms with Crippen molar-refractivity contribution in [2.45, 2.75) is 71.3 Å². The van der Waals surface area contributed by atoms with Crippen LogP contribution in [0.25, 0.3) is 38.3 Å². The highest BCUT2D eigenvalue weighted by Crippen LogP contribution is 2.61. The van der Waals surface area contributed by atoms with Gasteiger partial charge < -0.3 is 35.7 Å². The van der Waals surface area contributed by atoms with Gasteiger partial charge in [-0.05, 0) is 123 Å². The zero-order valence-corrected chi connectivity index (χ0v) is 54.1. The van der Waals surface area contributed by atoms with Crippen LogP contribution in [0, 0.1) is 96.5 Å². The molecule has 2 aliphatic rings. The van der Waals surface area contributed by atoms with Crippen LogP contribution in [-0.4, -0.2) is 70.5 Å². The van der Waals surface area contributed by atoms with E-state index in [9.17, 15) is 48.4 Å². The lowest BCUT2D eigenvalue weighted by Gasteiger charge is -2.39. The standard InChI is InChI=1S/C75H49F12N5O12/c1-29-50(55-46(25-42(80)65(93)60(55)84)89(29)70(97)34-13-7-17-38(76)21-34)54(33-11-5-6-12-33)75(103)104-68-45(83)28-49-58(63(68)87)53(59(74(101)102)51-30(2)90(71(98)35-14-8-18-39(77)22-35)47-26-43(81)66(94)61(85)56(47)51)32(4)92(49,73(100)37-16-10-20-41(79)24-37)64(69(88)96)52-31(3)91(72(99)36-15-9-19-40(78)23-36)48-27-44(82)67(95)62(86)57(48)52/h7-10,13-28,33,54,59,64H,5-6,11-12H2,1-4H3,(H5-,88,93,94,95,96,101,102). The number of carbonyl (C=O) groups excluding carboxylic acids is 7. The summed E-state index contributed by atoms with van der Waals surface area (Å²) in [6.45, 7) is 3.59. The van der Waals surface area contributed by atoms with E-state index >= 15 is 58.3 Å². The van der Waals surface area contributed by atoms with E-state index in [1.54, 1.807) is 0 Å². The molecule has 4 heterocycles. The Morgan fingerprint density at radius 1 is 0.500 bits per heavy atom. The quantitative estimate of drug-likeness (QED) is 0.0343. The number of carbonyl (C=O) groups is 7. The number of hydrogen-bond donors (Lipinski definition) is 4. The first-order valence-corrected chi connectivity index (χ1v) is 31.5. The van der Waals surface area contributed by atoms with E-state index in [1.807, 2.05) is 0 Å². The highest BCUT2D eigenvalue weighted by atomic mass is 19.2. The number of aromatic nitrogens is 3. The molecule has 13 rings (SSSR count). The lowest BCUT2D eigenvalue weighted by atomic mass is 9.83. The number of quaternary nitrogens is 1. The molecule has 4 atom stereocenters. The van der Waals surface area contributed by atoms with Crippen LogP contribution in [0.15, 0.2) is 127 Å². The molecular formula is C75H49F12N5O12. The predicted octanol–water partition coefficient (Wildman–Crippen LogP) is 13.9. The topological polar surface area (TPSA) is 253 Å². The van der Waals surface area contributed by atoms with E-state index in [1.165, 1.54) is 0 Å². The van der Waals surface area contributed by atoms with Crippen molar-refractivity contribution in [2.75, 3.05) is 0 Å². The molecule has 5 N–H and O–H groups in total. The summed E-state index contributed by atoms with van der Waals surface area (Å²) in [6.07, 6.45) is 0.591. The normalized spacial score (nSPS) is 15.5. The van der Waals surface area contributed by atoms with Crippen molar-refractivity contribution in [1.82, 2.24) is 18.2 Å². The van der Waals surface area contributed by atoms with Gasteiger partial charge in [0.2, 0.25) is 11.8 Å². The molecule has 3 aromatic heterocycles. The number of benzene rings is 8. The number of phenols is 3. The van der Waals surface area contributed by atoms with Crippen molar-refractivity contribution in [3.63, 3.8) is 0 Å². The van der Waals surface area contributed by atoms with Gasteiger partial charge in [0.25, 0.3) is 23.6 Å². The summed E-state index contributed by atoms with van der Waals surface area (Å²) in [5.74, 6) is -45.7. The van der Waals surface area contributed by atoms with Gasteiger partial charge >= 0.3 is 11.9 Å². The fourth-order valence-electron chi connectivity index (χ4n) is 15.2. The monoisotopic (exact) mass is 1440 g/mol. The number of phenolic OH excluding ortho intramolecular Hbond substituents is 3. The number of nitrogens with zero attached hydrogens (tertiary/aromatic N) is 4. The largest absolute Gasteiger partial charge is 0.549 e. The Labute approximate surface area is 577 Å². The van der Waals surface area contributed by atoms with Crippen LogP contribution < -0.4 is 20.1 Å². The van der Waals surface area contributed by atoms with Crippen molar-refractivity contribution in [3.05, 3.63) is 258 Å². The molecule has 4 unspecified atom stereocenters. The highest BCUT2D eigenvalue weighted by molar-refractivity contribution is 6.17. The minimum absolute atomic E-state index is 0.00307. The number of fused-ring (bicyclic) bond motifs is 4. The van der Waals surface area contributed by atoms with Crippen molar-refractivity contribution < 1.29 is 111 Å². The number of hydrogen-bond acceptors (Lipinski definition) is 12. The first-order chi connectivity index (χ1) is 49.3. The number of rotatable bonds is 14. The lowest BCUT2D eigenvalue weighted by Crippen LogP contribution is -2.58. The van der Waals surface area contributed by atoms with Crippen LogP contribution in [0.4, 0.5) is 58.4 Å². The number of allylic oxidation sites excluding steroid dienone is 1. The number of aliphatic carboxylic acids is 1. The molecule has 1 fully saturated rings. The summed E-state index contributed by atoms with van der Waals surface area (Å²) in [4.78, 5) is 107. The van der Waals surface area contributed by atoms with Gasteiger partial charge in [-0.2, -0.15) is 4.48 Å². The summed E-state index contributed by atoms with van der Waals surface area (Å²) < 4.78 is 203. The van der Waals surface area contributed by atoms with E-state index in [0.29, 0.717) is 69.9 Å². The van der Waals surface area contributed by atoms with Gasteiger partial charge in [0.15, 0.2) is 69.5 Å². The Bertz CT molecular complexity index is 5740. The molecule has 530 valence electrons. The molecule has 1 saturated carbocycles. The number of esters is 1. The molecule has 29 heteroatoms. The summed E-state index contributed by atoms with van der Waals surface area (Å²) >= 11 is 0. The smallest absolute Gasteiger partial charge is 0.356 e. The molecule has 8 aromatic carbocycles. The summed E-state index contributed by atoms with van der Waals surface area (Å²) in [6, 6.07) is 12.2. The van der Waals surface area contributed by atoms with Crippen LogP contribution in [-0.2, 0) is 14.4 Å². The van der Waals surface area contributed by atoms with Crippen molar-refractivity contribution in [1.29, 1.82) is 0 Å². The number of aromatic hydroxyl groups is 3. The lowest BCUT2D eigenvalue weighted by molar-refractivity contribution is -0.306. The van der Waals surface area contributed by atoms with Crippen molar-refractivity contribution in [3.8, 4) is 23.0 Å². The Morgan fingerprint density at radius 2 is 0.875 bits per heavy atom. The van der Waals surface area contributed by atoms with Gasteiger partial charge in [0.1, 0.15) is 29.0 Å². The molecule has 0 saturated heterocycles. The van der Waals surface area contributed by atoms with Crippen LogP contribution in [0.5, 0.6) is 23.0 Å². The van der Waals surface area contributed by atoms with E-state index in [0.717, 1.165) is 99.6 Å². The number of halogens is 12. The average Bonchev–Trinajstić information content (AvgIpc) is 1.50. The van der Waals surface area contributed by atoms with Gasteiger partial charge in [-0.3, -0.25) is 37.7 Å². The SMILES string of the molecule is CC1=C(C(C(=O)[O-])c2c(C)n(C(=O)c3cccc(F)c3)c3cc(F)c(O)c(F)c23)c2c(cc(F)c(OC(=O)C(c3c(C)n(C(=O)c4cccc(F)c4)c4cc(F)c(O)c(F)c34)C3CCCC3)c2F)[N+]1(C(=O)c1cccc(F)c1)C(C(N)=O)c1c(C)n(C(=O)c2cccc(F)c2)c2cc(F)c(O)c(F)c12. The van der Waals surface area contributed by atoms with Crippen molar-refractivity contribution >= 4 is 85.4 Å². The van der Waals surface area contributed by atoms with Crippen molar-refractivity contribution in [2.24, 2.45) is 11.7 Å². The summed E-state index contributed by atoms with van der Waals surface area (Å²) in [5, 5.41) is 44.6. The highest BCUT2D eigenvalue weighted by Gasteiger charge is 2.62. The third-order valence-corrected chi connectivity index (χ3v) is 19.5. The number of primary amides is 1. The van der Waals surface area contributed by atoms with Gasteiger partial charge in [-0.1, -0.05) is 37.1 Å². The maximum absolute atomic E-state index is 19.6. The second kappa shape index (κ2) is 25.7. The first kappa shape index (κ1) is 70.2. The Balaban J connectivity index is 1.16. The molecule has 104 heavy (non-hydrogen) atoms. The number of nitrogens with two attached hydrogens (primary N) is 1. The number of carboxylic acid groups (broad SMARTS) is 1. The van der Waals surface area contributed by atoms with Gasteiger partial charge in [-0.25, -0.2) is 57.5 Å². The van der Waals surface area contributed by atoms with Gasteiger partial charge in [0, 0.05) is 81.3 Å². The Hall–Kier alpha value is -12.3. The third-order valence-electron chi connectivity index (χ3n) is 19.5. The van der Waals surface area contributed by atoms with Crippen LogP contribution in [0.2, 0.25) is 0 Å². The van der Waals surface area contributed by atoms with Gasteiger partial charge in [-0.15, -0.1) is 0 Å². The van der Waals surface area contributed by atoms with Crippen LogP contribution in [0.1, 0.15) is 131 Å². The molecular weight excluding hydrogens is 1390 g/mol. The molecule has 0 spiro atoms. The molecule has 1 aliphatic heterocycles. The maximum Gasteiger partial charge on any atom is 0.356 e. The average molecular weight is 1440 g/mol. The molecule has 1 aliphatic carbocycles. The van der Waals surface area contributed by atoms with E-state index in [2.05, 4.69) is 0 Å².